The average Bonchev–Trinajstić information content (AvgIpc) is 3.07. The molecule has 1 saturated heterocycles. The summed E-state index contributed by atoms with van der Waals surface area (Å²) in [5, 5.41) is 4.02. The van der Waals surface area contributed by atoms with Crippen molar-refractivity contribution >= 4 is 16.9 Å². The van der Waals surface area contributed by atoms with Gasteiger partial charge in [0.05, 0.1) is 22.2 Å². The molecule has 2 aromatic heterocycles. The summed E-state index contributed by atoms with van der Waals surface area (Å²) in [7, 11) is 0. The van der Waals surface area contributed by atoms with E-state index in [2.05, 4.69) is 10.1 Å². The number of amides is 1. The number of pyridine rings is 1. The smallest absolute Gasteiger partial charge is 0.339 e. The lowest BCUT2D eigenvalue weighted by Gasteiger charge is -2.34. The average molecular weight is 499 g/mol. The molecule has 6 nitrogen and oxygen atoms in total. The third-order valence-electron chi connectivity index (χ3n) is 5.98. The normalized spacial score (nSPS) is 15.7. The second-order valence-corrected chi connectivity index (χ2v) is 8.61. The Morgan fingerprint density at radius 3 is 2.29 bits per heavy atom. The monoisotopic (exact) mass is 499 g/mol. The van der Waals surface area contributed by atoms with E-state index in [1.165, 1.54) is 24.6 Å². The molecule has 0 spiro atoms. The lowest BCUT2D eigenvalue weighted by Crippen LogP contribution is -2.49. The van der Waals surface area contributed by atoms with Crippen molar-refractivity contribution in [3.63, 3.8) is 0 Å². The third-order valence-corrected chi connectivity index (χ3v) is 5.98. The Kier molecular flexibility index (Phi) is 6.52. The van der Waals surface area contributed by atoms with Gasteiger partial charge in [0.2, 0.25) is 5.91 Å². The Hall–Kier alpha value is -3.15. The van der Waals surface area contributed by atoms with Gasteiger partial charge in [0, 0.05) is 38.4 Å². The molecule has 0 unspecified atom stereocenters. The third kappa shape index (κ3) is 5.42. The van der Waals surface area contributed by atoms with Crippen molar-refractivity contribution in [1.82, 2.24) is 24.6 Å². The van der Waals surface area contributed by atoms with Gasteiger partial charge in [0.25, 0.3) is 0 Å². The van der Waals surface area contributed by atoms with E-state index in [1.54, 1.807) is 11.0 Å². The zero-order valence-corrected chi connectivity index (χ0v) is 19.0. The van der Waals surface area contributed by atoms with E-state index in [0.717, 1.165) is 18.2 Å². The molecule has 188 valence electrons. The van der Waals surface area contributed by atoms with Crippen molar-refractivity contribution in [2.75, 3.05) is 26.2 Å². The number of fused-ring (bicyclic) bond motifs is 1. The lowest BCUT2D eigenvalue weighted by molar-refractivity contribution is -0.138. The number of carbonyl (C=O) groups excluding carboxylic acids is 1. The second-order valence-electron chi connectivity index (χ2n) is 8.61. The zero-order chi connectivity index (χ0) is 25.5. The first-order chi connectivity index (χ1) is 16.3. The van der Waals surface area contributed by atoms with Crippen LogP contribution in [-0.4, -0.2) is 56.7 Å². The molecule has 1 aromatic carbocycles. The minimum absolute atomic E-state index is 0.00589. The highest BCUT2D eigenvalue weighted by molar-refractivity contribution is 5.85. The maximum absolute atomic E-state index is 13.5. The summed E-state index contributed by atoms with van der Waals surface area (Å²) < 4.78 is 80.6. The fourth-order valence-electron chi connectivity index (χ4n) is 4.30. The maximum atomic E-state index is 13.5. The lowest BCUT2D eigenvalue weighted by atomic mass is 10.1. The molecule has 0 radical (unpaired) electrons. The van der Waals surface area contributed by atoms with Crippen LogP contribution in [0, 0.1) is 13.8 Å². The molecule has 0 bridgehead atoms. The Bertz CT molecular complexity index is 1240. The highest BCUT2D eigenvalue weighted by Crippen LogP contribution is 2.36. The molecule has 1 aliphatic rings. The number of hydrogen-bond acceptors (Lipinski definition) is 4. The molecule has 1 aliphatic heterocycles. The van der Waals surface area contributed by atoms with Gasteiger partial charge in [-0.2, -0.15) is 31.4 Å². The Morgan fingerprint density at radius 2 is 1.66 bits per heavy atom. The number of carbonyl (C=O) groups is 1. The van der Waals surface area contributed by atoms with Crippen LogP contribution in [0.1, 0.15) is 28.1 Å². The molecule has 1 amide bonds. The van der Waals surface area contributed by atoms with Crippen molar-refractivity contribution in [3.8, 4) is 0 Å². The summed E-state index contributed by atoms with van der Waals surface area (Å²) in [5.74, 6) is -0.315. The number of halogens is 6. The highest BCUT2D eigenvalue weighted by Gasteiger charge is 2.35. The molecule has 1 fully saturated rings. The first-order valence-corrected chi connectivity index (χ1v) is 10.9. The number of hydrogen-bond donors (Lipinski definition) is 0. The standard InChI is InChI=1S/C23H23F6N5O/c1-14-10-18(23(27,28)29)20-15(2)31-34(21(20)30-14)13-19(35)33-8-6-32(7-9-33)12-16-4-3-5-17(11-16)22(24,25)26/h3-5,10-11H,6-9,12-13H2,1-2H3. The Balaban J connectivity index is 1.42. The van der Waals surface area contributed by atoms with Crippen LogP contribution < -0.4 is 0 Å². The van der Waals surface area contributed by atoms with Gasteiger partial charge in [-0.15, -0.1) is 0 Å². The van der Waals surface area contributed by atoms with Crippen LogP contribution in [0.15, 0.2) is 30.3 Å². The van der Waals surface area contributed by atoms with Crippen LogP contribution in [0.5, 0.6) is 0 Å². The zero-order valence-electron chi connectivity index (χ0n) is 19.0. The Labute approximate surface area is 197 Å². The summed E-state index contributed by atoms with van der Waals surface area (Å²) in [6.07, 6.45) is -8.99. The van der Waals surface area contributed by atoms with Gasteiger partial charge in [-0.05, 0) is 31.5 Å². The molecule has 4 rings (SSSR count). The van der Waals surface area contributed by atoms with Gasteiger partial charge in [-0.3, -0.25) is 9.69 Å². The number of alkyl halides is 6. The minimum atomic E-state index is -4.58. The number of rotatable bonds is 4. The molecule has 3 heterocycles. The SMILES string of the molecule is Cc1cc(C(F)(F)F)c2c(C)nn(CC(=O)N3CCN(Cc4cccc(C(F)(F)F)c4)CC3)c2n1. The molecule has 3 aromatic rings. The number of piperazine rings is 1. The maximum Gasteiger partial charge on any atom is 0.417 e. The molecule has 12 heteroatoms. The fraction of sp³-hybridized carbons (Fsp3) is 0.435. The van der Waals surface area contributed by atoms with E-state index in [-0.39, 0.29) is 34.9 Å². The van der Waals surface area contributed by atoms with Crippen LogP contribution in [0.3, 0.4) is 0 Å². The van der Waals surface area contributed by atoms with E-state index in [9.17, 15) is 31.1 Å². The summed E-state index contributed by atoms with van der Waals surface area (Å²) in [6, 6.07) is 6.10. The van der Waals surface area contributed by atoms with Gasteiger partial charge in [0.1, 0.15) is 6.54 Å². The molecule has 0 N–H and O–H groups in total. The van der Waals surface area contributed by atoms with Gasteiger partial charge < -0.3 is 4.90 Å². The van der Waals surface area contributed by atoms with Crippen molar-refractivity contribution in [3.05, 3.63) is 58.4 Å². The number of aromatic nitrogens is 3. The van der Waals surface area contributed by atoms with Gasteiger partial charge in [-0.1, -0.05) is 18.2 Å². The number of nitrogens with zero attached hydrogens (tertiary/aromatic N) is 5. The molecule has 0 aliphatic carbocycles. The van der Waals surface area contributed by atoms with E-state index >= 15 is 0 Å². The molecule has 35 heavy (non-hydrogen) atoms. The van der Waals surface area contributed by atoms with Gasteiger partial charge in [-0.25, -0.2) is 9.67 Å². The number of aryl methyl sites for hydroxylation is 2. The topological polar surface area (TPSA) is 54.3 Å². The van der Waals surface area contributed by atoms with E-state index in [4.69, 9.17) is 0 Å². The largest absolute Gasteiger partial charge is 0.417 e. The second kappa shape index (κ2) is 9.14. The fourth-order valence-corrected chi connectivity index (χ4v) is 4.30. The van der Waals surface area contributed by atoms with Crippen molar-refractivity contribution < 1.29 is 31.1 Å². The predicted molar refractivity (Wildman–Crippen MR) is 115 cm³/mol. The van der Waals surface area contributed by atoms with Gasteiger partial charge >= 0.3 is 12.4 Å². The minimum Gasteiger partial charge on any atom is -0.339 e. The molecule has 0 saturated carbocycles. The van der Waals surface area contributed by atoms with Crippen LogP contribution in [0.2, 0.25) is 0 Å². The molecular weight excluding hydrogens is 476 g/mol. The van der Waals surface area contributed by atoms with Gasteiger partial charge in [0.15, 0.2) is 5.65 Å². The van der Waals surface area contributed by atoms with E-state index < -0.39 is 23.5 Å². The highest BCUT2D eigenvalue weighted by atomic mass is 19.4. The van der Waals surface area contributed by atoms with Crippen molar-refractivity contribution in [2.24, 2.45) is 0 Å². The summed E-state index contributed by atoms with van der Waals surface area (Å²) in [6.45, 7) is 4.55. The van der Waals surface area contributed by atoms with Crippen LogP contribution >= 0.6 is 0 Å². The van der Waals surface area contributed by atoms with Crippen LogP contribution in [0.4, 0.5) is 26.3 Å². The Morgan fingerprint density at radius 1 is 0.971 bits per heavy atom. The first-order valence-electron chi connectivity index (χ1n) is 10.9. The first kappa shape index (κ1) is 25.0. The molecular formula is C23H23F6N5O. The van der Waals surface area contributed by atoms with E-state index in [0.29, 0.717) is 38.3 Å². The summed E-state index contributed by atoms with van der Waals surface area (Å²) >= 11 is 0. The van der Waals surface area contributed by atoms with Crippen LogP contribution in [0.25, 0.3) is 11.0 Å². The van der Waals surface area contributed by atoms with Crippen LogP contribution in [-0.2, 0) is 30.2 Å². The summed E-state index contributed by atoms with van der Waals surface area (Å²) in [5.41, 5.74) is -0.700. The van der Waals surface area contributed by atoms with Crippen molar-refractivity contribution in [1.29, 1.82) is 0 Å². The van der Waals surface area contributed by atoms with E-state index in [1.807, 2.05) is 4.90 Å². The quantitative estimate of drug-likeness (QED) is 0.499. The molecule has 0 atom stereocenters. The van der Waals surface area contributed by atoms with Crippen molar-refractivity contribution in [2.45, 2.75) is 39.3 Å². The predicted octanol–water partition coefficient (Wildman–Crippen LogP) is 4.43. The number of benzene rings is 1. The summed E-state index contributed by atoms with van der Waals surface area (Å²) in [4.78, 5) is 20.6.